The van der Waals surface area contributed by atoms with Crippen molar-refractivity contribution in [3.63, 3.8) is 0 Å². The van der Waals surface area contributed by atoms with Gasteiger partial charge in [0.15, 0.2) is 0 Å². The number of benzene rings is 1. The van der Waals surface area contributed by atoms with E-state index in [9.17, 15) is 14.7 Å². The average molecular weight is 303 g/mol. The molecule has 5 nitrogen and oxygen atoms in total. The first-order valence-corrected chi connectivity index (χ1v) is 7.78. The molecular weight excluding hydrogens is 280 g/mol. The molecule has 0 saturated heterocycles. The van der Waals surface area contributed by atoms with Crippen LogP contribution in [0.25, 0.3) is 0 Å². The Morgan fingerprint density at radius 1 is 1.23 bits per heavy atom. The Labute approximate surface area is 131 Å². The largest absolute Gasteiger partial charge is 0.479 e. The number of nitrogens with one attached hydrogen (secondary N) is 2. The van der Waals surface area contributed by atoms with Crippen LogP contribution in [-0.4, -0.2) is 29.1 Å². The molecule has 119 valence electrons. The molecule has 1 atom stereocenters. The third-order valence-corrected chi connectivity index (χ3v) is 4.05. The van der Waals surface area contributed by atoms with Gasteiger partial charge in [-0.15, -0.1) is 0 Å². The molecule has 3 N–H and O–H groups in total. The van der Waals surface area contributed by atoms with Crippen molar-refractivity contribution in [3.05, 3.63) is 36.8 Å². The summed E-state index contributed by atoms with van der Waals surface area (Å²) in [7, 11) is 0. The zero-order chi connectivity index (χ0) is 15.9. The lowest BCUT2D eigenvalue weighted by molar-refractivity contribution is -0.142. The third kappa shape index (κ3) is 4.23. The molecule has 1 aliphatic carbocycles. The van der Waals surface area contributed by atoms with E-state index in [-0.39, 0.29) is 6.04 Å². The highest BCUT2D eigenvalue weighted by Gasteiger charge is 2.28. The van der Waals surface area contributed by atoms with Crippen LogP contribution in [-0.2, 0) is 16.0 Å². The maximum atomic E-state index is 12.3. The maximum absolute atomic E-state index is 12.3. The van der Waals surface area contributed by atoms with Gasteiger partial charge in [0.05, 0.1) is 0 Å². The molecule has 1 radical (unpaired) electrons. The summed E-state index contributed by atoms with van der Waals surface area (Å²) in [5.41, 5.74) is 1.53. The minimum Gasteiger partial charge on any atom is -0.479 e. The molecule has 0 aromatic heterocycles. The molecule has 1 aromatic carbocycles. The van der Waals surface area contributed by atoms with Crippen LogP contribution in [0.4, 0.5) is 5.69 Å². The number of amides is 1. The van der Waals surface area contributed by atoms with E-state index in [1.165, 1.54) is 6.42 Å². The number of hydrogen-bond donors (Lipinski definition) is 3. The summed E-state index contributed by atoms with van der Waals surface area (Å²) in [5, 5.41) is 15.1. The van der Waals surface area contributed by atoms with Gasteiger partial charge in [-0.3, -0.25) is 4.79 Å². The van der Waals surface area contributed by atoms with Crippen LogP contribution in [0.5, 0.6) is 0 Å². The van der Waals surface area contributed by atoms with E-state index in [4.69, 9.17) is 0 Å². The molecular formula is C17H23N2O3. The maximum Gasteiger partial charge on any atom is 0.336 e. The molecule has 22 heavy (non-hydrogen) atoms. The first-order chi connectivity index (χ1) is 10.6. The lowest BCUT2D eigenvalue weighted by Gasteiger charge is -2.25. The van der Waals surface area contributed by atoms with Gasteiger partial charge in [0.2, 0.25) is 6.04 Å². The van der Waals surface area contributed by atoms with E-state index < -0.39 is 17.9 Å². The highest BCUT2D eigenvalue weighted by molar-refractivity contribution is 6.04. The molecule has 1 fully saturated rings. The van der Waals surface area contributed by atoms with Crippen LogP contribution < -0.4 is 10.6 Å². The highest BCUT2D eigenvalue weighted by Crippen LogP contribution is 2.19. The van der Waals surface area contributed by atoms with E-state index in [0.29, 0.717) is 12.1 Å². The summed E-state index contributed by atoms with van der Waals surface area (Å²) in [6, 6.07) is 6.11. The van der Waals surface area contributed by atoms with Crippen LogP contribution in [0.3, 0.4) is 0 Å². The second kappa shape index (κ2) is 7.82. The number of aliphatic carboxylic acids is 1. The van der Waals surface area contributed by atoms with Gasteiger partial charge in [-0.2, -0.15) is 0 Å². The van der Waals surface area contributed by atoms with Gasteiger partial charge in [0.1, 0.15) is 0 Å². The number of rotatable bonds is 6. The Morgan fingerprint density at radius 3 is 2.55 bits per heavy atom. The Kier molecular flexibility index (Phi) is 5.81. The van der Waals surface area contributed by atoms with Crippen molar-refractivity contribution in [2.45, 2.75) is 50.6 Å². The van der Waals surface area contributed by atoms with Crippen molar-refractivity contribution >= 4 is 17.6 Å². The first kappa shape index (κ1) is 16.3. The standard InChI is InChI=1S/C17H23N2O3/c1-2-12-8-6-7-11-14(12)19-15(17(21)22)16(20)18-13-9-4-3-5-10-13/h6-8,11,13,15,19H,1-5,9-10H2,(H,18,20)(H,21,22). The van der Waals surface area contributed by atoms with Crippen LogP contribution in [0.1, 0.15) is 37.7 Å². The Balaban J connectivity index is 2.05. The second-order valence-corrected chi connectivity index (χ2v) is 5.67. The van der Waals surface area contributed by atoms with Gasteiger partial charge >= 0.3 is 5.97 Å². The smallest absolute Gasteiger partial charge is 0.336 e. The molecule has 1 saturated carbocycles. The minimum atomic E-state index is -1.28. The van der Waals surface area contributed by atoms with E-state index in [1.54, 1.807) is 12.1 Å². The van der Waals surface area contributed by atoms with Gasteiger partial charge in [-0.05, 0) is 37.8 Å². The van der Waals surface area contributed by atoms with Crippen LogP contribution in [0.15, 0.2) is 24.3 Å². The molecule has 1 aromatic rings. The third-order valence-electron chi connectivity index (χ3n) is 4.05. The fraction of sp³-hybridized carbons (Fsp3) is 0.471. The molecule has 0 bridgehead atoms. The molecule has 1 unspecified atom stereocenters. The van der Waals surface area contributed by atoms with Crippen LogP contribution >= 0.6 is 0 Å². The quantitative estimate of drug-likeness (QED) is 0.705. The Hall–Kier alpha value is -2.04. The van der Waals surface area contributed by atoms with E-state index in [1.807, 2.05) is 12.1 Å². The summed E-state index contributed by atoms with van der Waals surface area (Å²) in [4.78, 5) is 23.7. The summed E-state index contributed by atoms with van der Waals surface area (Å²) >= 11 is 0. The lowest BCUT2D eigenvalue weighted by Crippen LogP contribution is -2.49. The first-order valence-electron chi connectivity index (χ1n) is 7.78. The van der Waals surface area contributed by atoms with Crippen molar-refractivity contribution < 1.29 is 14.7 Å². The molecule has 5 heteroatoms. The molecule has 0 heterocycles. The average Bonchev–Trinajstić information content (AvgIpc) is 2.53. The van der Waals surface area contributed by atoms with Crippen molar-refractivity contribution in [2.75, 3.05) is 5.32 Å². The van der Waals surface area contributed by atoms with Gasteiger partial charge in [0.25, 0.3) is 5.91 Å². The monoisotopic (exact) mass is 303 g/mol. The van der Waals surface area contributed by atoms with Crippen molar-refractivity contribution in [1.29, 1.82) is 0 Å². The van der Waals surface area contributed by atoms with Crippen molar-refractivity contribution in [3.8, 4) is 0 Å². The molecule has 1 amide bonds. The molecule has 0 spiro atoms. The molecule has 2 rings (SSSR count). The normalized spacial score (nSPS) is 16.8. The number of carboxylic acids is 1. The predicted octanol–water partition coefficient (Wildman–Crippen LogP) is 2.38. The van der Waals surface area contributed by atoms with Gasteiger partial charge in [-0.1, -0.05) is 37.5 Å². The number of carbonyl (C=O) groups excluding carboxylic acids is 1. The zero-order valence-corrected chi connectivity index (χ0v) is 12.7. The predicted molar refractivity (Wildman–Crippen MR) is 85.6 cm³/mol. The van der Waals surface area contributed by atoms with E-state index in [0.717, 1.165) is 31.2 Å². The van der Waals surface area contributed by atoms with Crippen molar-refractivity contribution in [1.82, 2.24) is 5.32 Å². The fourth-order valence-electron chi connectivity index (χ4n) is 2.81. The Bertz CT molecular complexity index is 524. The van der Waals surface area contributed by atoms with Crippen LogP contribution in [0.2, 0.25) is 0 Å². The minimum absolute atomic E-state index is 0.0907. The lowest BCUT2D eigenvalue weighted by atomic mass is 9.95. The topological polar surface area (TPSA) is 78.4 Å². The second-order valence-electron chi connectivity index (χ2n) is 5.67. The highest BCUT2D eigenvalue weighted by atomic mass is 16.4. The summed E-state index contributed by atoms with van der Waals surface area (Å²) in [5.74, 6) is -1.65. The fourth-order valence-corrected chi connectivity index (χ4v) is 2.81. The Morgan fingerprint density at radius 2 is 1.91 bits per heavy atom. The molecule has 0 aliphatic heterocycles. The van der Waals surface area contributed by atoms with Crippen molar-refractivity contribution in [2.24, 2.45) is 0 Å². The van der Waals surface area contributed by atoms with Gasteiger partial charge in [0, 0.05) is 11.7 Å². The summed E-state index contributed by atoms with van der Waals surface area (Å²) < 4.78 is 0. The number of carbonyl (C=O) groups is 2. The number of carboxylic acid groups (broad SMARTS) is 1. The number of para-hydroxylation sites is 1. The van der Waals surface area contributed by atoms with Gasteiger partial charge in [-0.25, -0.2) is 4.79 Å². The van der Waals surface area contributed by atoms with Crippen LogP contribution in [0, 0.1) is 6.92 Å². The zero-order valence-electron chi connectivity index (χ0n) is 12.7. The van der Waals surface area contributed by atoms with E-state index in [2.05, 4.69) is 17.6 Å². The summed E-state index contributed by atoms with van der Waals surface area (Å²) in [6.45, 7) is 3.82. The summed E-state index contributed by atoms with van der Waals surface area (Å²) in [6.07, 6.45) is 5.73. The SMILES string of the molecule is [CH2]Cc1ccccc1NC(C(=O)O)C(=O)NC1CCCCC1. The number of hydrogen-bond acceptors (Lipinski definition) is 3. The van der Waals surface area contributed by atoms with Gasteiger partial charge < -0.3 is 15.7 Å². The molecule has 1 aliphatic rings. The number of anilines is 1. The van der Waals surface area contributed by atoms with E-state index >= 15 is 0 Å².